The summed E-state index contributed by atoms with van der Waals surface area (Å²) in [6, 6.07) is 70.5. The molecule has 262 valence electrons. The number of hydrogen-bond donors (Lipinski definition) is 0. The smallest absolute Gasteiger partial charge is 0.164 e. The zero-order valence-electron chi connectivity index (χ0n) is 30.3. The van der Waals surface area contributed by atoms with Gasteiger partial charge >= 0.3 is 0 Å². The third-order valence-electron chi connectivity index (χ3n) is 10.8. The van der Waals surface area contributed by atoms with E-state index in [0.717, 1.165) is 50.2 Å². The van der Waals surface area contributed by atoms with Crippen LogP contribution in [0.15, 0.2) is 200 Å². The predicted molar refractivity (Wildman–Crippen MR) is 230 cm³/mol. The van der Waals surface area contributed by atoms with Crippen molar-refractivity contribution in [3.63, 3.8) is 0 Å². The van der Waals surface area contributed by atoms with Crippen molar-refractivity contribution in [2.75, 3.05) is 0 Å². The Morgan fingerprint density at radius 2 is 0.679 bits per heavy atom. The maximum atomic E-state index is 5.06. The lowest BCUT2D eigenvalue weighted by Crippen LogP contribution is -2.02. The molecule has 5 heteroatoms. The molecule has 0 spiro atoms. The summed E-state index contributed by atoms with van der Waals surface area (Å²) in [6.45, 7) is 0. The molecule has 0 aliphatic rings. The standard InChI is InChI=1S/C51H33N5/c1-3-16-34(17-4-1)49-52-50(35-18-5-2-6-19-35)54-51(53-49)37-21-15-20-36(32-37)39-31-30-38(55-44-26-11-7-22-40(44)41-23-8-12-27-45(41)55)33-48(39)56-46-28-13-9-24-42(46)43-25-10-14-29-47(43)56/h1-33H. The van der Waals surface area contributed by atoms with Crippen molar-refractivity contribution in [1.29, 1.82) is 0 Å². The van der Waals surface area contributed by atoms with Gasteiger partial charge in [-0.2, -0.15) is 0 Å². The van der Waals surface area contributed by atoms with E-state index in [1.807, 2.05) is 60.7 Å². The van der Waals surface area contributed by atoms with Gasteiger partial charge in [0.2, 0.25) is 0 Å². The molecule has 11 rings (SSSR count). The van der Waals surface area contributed by atoms with Crippen molar-refractivity contribution < 1.29 is 0 Å². The monoisotopic (exact) mass is 715 g/mol. The maximum Gasteiger partial charge on any atom is 0.164 e. The van der Waals surface area contributed by atoms with Crippen molar-refractivity contribution in [2.45, 2.75) is 0 Å². The highest BCUT2D eigenvalue weighted by molar-refractivity contribution is 6.11. The minimum Gasteiger partial charge on any atom is -0.309 e. The van der Waals surface area contributed by atoms with Gasteiger partial charge in [-0.05, 0) is 48.0 Å². The zero-order chi connectivity index (χ0) is 37.0. The molecule has 0 amide bonds. The molecule has 56 heavy (non-hydrogen) atoms. The molecule has 0 N–H and O–H groups in total. The topological polar surface area (TPSA) is 48.5 Å². The van der Waals surface area contributed by atoms with Crippen molar-refractivity contribution in [2.24, 2.45) is 0 Å². The van der Waals surface area contributed by atoms with Gasteiger partial charge < -0.3 is 9.13 Å². The van der Waals surface area contributed by atoms with Crippen LogP contribution in [0.4, 0.5) is 0 Å². The molecule has 3 aromatic heterocycles. The first-order valence-corrected chi connectivity index (χ1v) is 18.9. The Balaban J connectivity index is 1.16. The lowest BCUT2D eigenvalue weighted by molar-refractivity contribution is 1.07. The van der Waals surface area contributed by atoms with Crippen molar-refractivity contribution in [3.05, 3.63) is 200 Å². The van der Waals surface area contributed by atoms with Crippen molar-refractivity contribution in [1.82, 2.24) is 24.1 Å². The highest BCUT2D eigenvalue weighted by atomic mass is 15.0. The number of rotatable bonds is 6. The molecule has 0 unspecified atom stereocenters. The number of fused-ring (bicyclic) bond motifs is 6. The molecule has 0 radical (unpaired) electrons. The fourth-order valence-electron chi connectivity index (χ4n) is 8.23. The Hall–Kier alpha value is -7.63. The quantitative estimate of drug-likeness (QED) is 0.172. The van der Waals surface area contributed by atoms with E-state index in [2.05, 4.69) is 149 Å². The number of nitrogens with zero attached hydrogens (tertiary/aromatic N) is 5. The van der Waals surface area contributed by atoms with Gasteiger partial charge in [0.15, 0.2) is 17.5 Å². The van der Waals surface area contributed by atoms with Gasteiger partial charge in [0, 0.05) is 49.5 Å². The summed E-state index contributed by atoms with van der Waals surface area (Å²) >= 11 is 0. The van der Waals surface area contributed by atoms with E-state index in [4.69, 9.17) is 15.0 Å². The molecule has 8 aromatic carbocycles. The van der Waals surface area contributed by atoms with E-state index < -0.39 is 0 Å². The summed E-state index contributed by atoms with van der Waals surface area (Å²) in [7, 11) is 0. The summed E-state index contributed by atoms with van der Waals surface area (Å²) in [5, 5.41) is 4.91. The summed E-state index contributed by atoms with van der Waals surface area (Å²) in [5.74, 6) is 1.91. The summed E-state index contributed by atoms with van der Waals surface area (Å²) < 4.78 is 4.82. The van der Waals surface area contributed by atoms with Crippen molar-refractivity contribution >= 4 is 43.6 Å². The third kappa shape index (κ3) is 5.21. The number of hydrogen-bond acceptors (Lipinski definition) is 3. The van der Waals surface area contributed by atoms with E-state index in [9.17, 15) is 0 Å². The Morgan fingerprint density at radius 3 is 1.18 bits per heavy atom. The van der Waals surface area contributed by atoms with E-state index >= 15 is 0 Å². The lowest BCUT2D eigenvalue weighted by atomic mass is 9.99. The molecule has 0 aliphatic heterocycles. The first-order chi connectivity index (χ1) is 27.8. The molecule has 11 aromatic rings. The van der Waals surface area contributed by atoms with Crippen LogP contribution in [0.1, 0.15) is 0 Å². The van der Waals surface area contributed by atoms with Gasteiger partial charge in [0.1, 0.15) is 0 Å². The molecular formula is C51H33N5. The van der Waals surface area contributed by atoms with Crippen LogP contribution in [0.3, 0.4) is 0 Å². The fraction of sp³-hybridized carbons (Fsp3) is 0. The molecule has 5 nitrogen and oxygen atoms in total. The largest absolute Gasteiger partial charge is 0.309 e. The van der Waals surface area contributed by atoms with E-state index in [-0.39, 0.29) is 0 Å². The summed E-state index contributed by atoms with van der Waals surface area (Å²) in [6.07, 6.45) is 0. The maximum absolute atomic E-state index is 5.06. The highest BCUT2D eigenvalue weighted by Crippen LogP contribution is 2.40. The second-order valence-electron chi connectivity index (χ2n) is 14.1. The molecule has 0 saturated heterocycles. The van der Waals surface area contributed by atoms with Crippen LogP contribution in [0, 0.1) is 0 Å². The molecule has 0 saturated carbocycles. The number of para-hydroxylation sites is 4. The fourth-order valence-corrected chi connectivity index (χ4v) is 8.23. The van der Waals surface area contributed by atoms with Crippen LogP contribution in [0.5, 0.6) is 0 Å². The Bertz CT molecular complexity index is 3090. The molecule has 0 bridgehead atoms. The van der Waals surface area contributed by atoms with Crippen LogP contribution in [0.25, 0.3) is 100 Å². The Labute approximate surface area is 323 Å². The predicted octanol–water partition coefficient (Wildman–Crippen LogP) is 12.7. The Kier molecular flexibility index (Phi) is 7.42. The van der Waals surface area contributed by atoms with Crippen LogP contribution < -0.4 is 0 Å². The summed E-state index contributed by atoms with van der Waals surface area (Å²) in [4.78, 5) is 15.1. The third-order valence-corrected chi connectivity index (χ3v) is 10.8. The normalized spacial score (nSPS) is 11.6. The first-order valence-electron chi connectivity index (χ1n) is 18.9. The van der Waals surface area contributed by atoms with Crippen molar-refractivity contribution in [3.8, 4) is 56.7 Å². The minimum atomic E-state index is 0.625. The van der Waals surface area contributed by atoms with Gasteiger partial charge in [-0.25, -0.2) is 15.0 Å². The molecular weight excluding hydrogens is 683 g/mol. The highest BCUT2D eigenvalue weighted by Gasteiger charge is 2.20. The van der Waals surface area contributed by atoms with E-state index in [0.29, 0.717) is 17.5 Å². The molecule has 0 aliphatic carbocycles. The van der Waals surface area contributed by atoms with E-state index in [1.54, 1.807) is 0 Å². The van der Waals surface area contributed by atoms with Gasteiger partial charge in [-0.1, -0.05) is 158 Å². The summed E-state index contributed by atoms with van der Waals surface area (Å²) in [5.41, 5.74) is 11.8. The second-order valence-corrected chi connectivity index (χ2v) is 14.1. The van der Waals surface area contributed by atoms with Crippen LogP contribution in [0.2, 0.25) is 0 Å². The molecule has 3 heterocycles. The van der Waals surface area contributed by atoms with Gasteiger partial charge in [-0.3, -0.25) is 0 Å². The lowest BCUT2D eigenvalue weighted by Gasteiger charge is -2.18. The number of aromatic nitrogens is 5. The van der Waals surface area contributed by atoms with Crippen LogP contribution >= 0.6 is 0 Å². The van der Waals surface area contributed by atoms with Gasteiger partial charge in [0.05, 0.1) is 27.8 Å². The average molecular weight is 716 g/mol. The molecule has 0 fully saturated rings. The minimum absolute atomic E-state index is 0.625. The van der Waals surface area contributed by atoms with E-state index in [1.165, 1.54) is 32.6 Å². The first kappa shape index (κ1) is 31.9. The zero-order valence-corrected chi connectivity index (χ0v) is 30.3. The average Bonchev–Trinajstić information content (AvgIpc) is 3.80. The van der Waals surface area contributed by atoms with Crippen LogP contribution in [-0.4, -0.2) is 24.1 Å². The Morgan fingerprint density at radius 1 is 0.286 bits per heavy atom. The molecule has 0 atom stereocenters. The number of benzene rings is 8. The SMILES string of the molecule is c1ccc(-c2nc(-c3ccccc3)nc(-c3cccc(-c4ccc(-n5c6ccccc6c6ccccc65)cc4-n4c5ccccc5c5ccccc54)c3)n2)cc1. The second kappa shape index (κ2) is 13.0. The van der Waals surface area contributed by atoms with Crippen LogP contribution in [-0.2, 0) is 0 Å². The van der Waals surface area contributed by atoms with Gasteiger partial charge in [0.25, 0.3) is 0 Å². The van der Waals surface area contributed by atoms with Gasteiger partial charge in [-0.15, -0.1) is 0 Å².